The molecular formula is C23H29N5O3. The molecule has 164 valence electrons. The van der Waals surface area contributed by atoms with E-state index < -0.39 is 17.0 Å². The van der Waals surface area contributed by atoms with Gasteiger partial charge in [-0.1, -0.05) is 0 Å². The van der Waals surface area contributed by atoms with Crippen LogP contribution in [0.5, 0.6) is 0 Å². The SMILES string of the molecule is CC1(Nc2ccc(C#N)cn2)CCN(C(=O)O)C1C1C2CC3C[C@H]1CC(C(N)=O)(C3)C2. The van der Waals surface area contributed by atoms with Crippen LogP contribution in [0.3, 0.4) is 0 Å². The van der Waals surface area contributed by atoms with Crippen molar-refractivity contribution >= 4 is 17.8 Å². The number of nitrogens with zero attached hydrogens (tertiary/aromatic N) is 3. The minimum Gasteiger partial charge on any atom is -0.465 e. The van der Waals surface area contributed by atoms with Crippen LogP contribution < -0.4 is 11.1 Å². The number of nitriles is 1. The van der Waals surface area contributed by atoms with E-state index in [0.29, 0.717) is 42.1 Å². The number of aromatic nitrogens is 1. The van der Waals surface area contributed by atoms with E-state index >= 15 is 0 Å². The first-order valence-electron chi connectivity index (χ1n) is 11.2. The summed E-state index contributed by atoms with van der Waals surface area (Å²) < 4.78 is 0. The molecule has 1 aromatic heterocycles. The molecule has 31 heavy (non-hydrogen) atoms. The second kappa shape index (κ2) is 6.84. The van der Waals surface area contributed by atoms with Crippen LogP contribution in [0.2, 0.25) is 0 Å². The van der Waals surface area contributed by atoms with E-state index in [2.05, 4.69) is 23.3 Å². The monoisotopic (exact) mass is 423 g/mol. The van der Waals surface area contributed by atoms with Crippen molar-refractivity contribution in [2.75, 3.05) is 11.9 Å². The van der Waals surface area contributed by atoms with Crippen molar-refractivity contribution < 1.29 is 14.7 Å². The van der Waals surface area contributed by atoms with Crippen LogP contribution in [0.15, 0.2) is 18.3 Å². The molecule has 2 heterocycles. The molecule has 4 N–H and O–H groups in total. The van der Waals surface area contributed by atoms with E-state index in [4.69, 9.17) is 11.0 Å². The van der Waals surface area contributed by atoms with Gasteiger partial charge in [-0.05, 0) is 81.3 Å². The summed E-state index contributed by atoms with van der Waals surface area (Å²) >= 11 is 0. The summed E-state index contributed by atoms with van der Waals surface area (Å²) in [6.07, 6.45) is 5.93. The topological polar surface area (TPSA) is 132 Å². The van der Waals surface area contributed by atoms with Gasteiger partial charge in [0, 0.05) is 18.2 Å². The fourth-order valence-corrected chi connectivity index (χ4v) is 7.67. The number of nitrogens with two attached hydrogens (primary N) is 1. The lowest BCUT2D eigenvalue weighted by atomic mass is 9.44. The lowest BCUT2D eigenvalue weighted by molar-refractivity contribution is -0.155. The van der Waals surface area contributed by atoms with Crippen LogP contribution in [0.4, 0.5) is 10.6 Å². The standard InChI is InChI=1S/C23H29N5O3/c1-22(27-17-3-2-13(11-24)12-26-17)4-5-28(21(30)31)19(22)18-15-6-14-7-16(18)10-23(8-14,9-15)20(25)29/h2-3,12,14-16,18-19H,4-10H2,1H3,(H2,25,29)(H,26,27)(H,30,31)/t14?,15-,16?,18?,19?,22?,23?/m0/s1. The van der Waals surface area contributed by atoms with Crippen LogP contribution in [0.1, 0.15) is 51.0 Å². The zero-order valence-corrected chi connectivity index (χ0v) is 17.8. The third-order valence-electron chi connectivity index (χ3n) is 8.65. The Labute approximate surface area is 181 Å². The highest BCUT2D eigenvalue weighted by atomic mass is 16.4. The number of rotatable bonds is 4. The average Bonchev–Trinajstić information content (AvgIpc) is 3.05. The smallest absolute Gasteiger partial charge is 0.407 e. The van der Waals surface area contributed by atoms with E-state index in [1.165, 1.54) is 6.20 Å². The summed E-state index contributed by atoms with van der Waals surface area (Å²) in [6, 6.07) is 5.38. The maximum Gasteiger partial charge on any atom is 0.407 e. The number of amides is 2. The predicted molar refractivity (Wildman–Crippen MR) is 113 cm³/mol. The second-order valence-corrected chi connectivity index (χ2v) is 10.4. The first-order valence-corrected chi connectivity index (χ1v) is 11.2. The van der Waals surface area contributed by atoms with Crippen molar-refractivity contribution in [2.45, 2.75) is 57.0 Å². The third-order valence-corrected chi connectivity index (χ3v) is 8.65. The number of primary amides is 1. The molecule has 4 aliphatic carbocycles. The maximum absolute atomic E-state index is 12.3. The molecule has 0 aromatic carbocycles. The quantitative estimate of drug-likeness (QED) is 0.682. The number of hydrogen-bond acceptors (Lipinski definition) is 5. The zero-order valence-electron chi connectivity index (χ0n) is 17.8. The molecule has 4 saturated carbocycles. The molecule has 2 amide bonds. The van der Waals surface area contributed by atoms with Gasteiger partial charge in [0.25, 0.3) is 0 Å². The average molecular weight is 424 g/mol. The van der Waals surface area contributed by atoms with Crippen LogP contribution in [-0.4, -0.2) is 45.1 Å². The Balaban J connectivity index is 1.48. The molecule has 4 bridgehead atoms. The molecule has 1 saturated heterocycles. The highest BCUT2D eigenvalue weighted by Gasteiger charge is 2.63. The number of carbonyl (C=O) groups excluding carboxylic acids is 1. The van der Waals surface area contributed by atoms with E-state index in [-0.39, 0.29) is 17.9 Å². The number of pyridine rings is 1. The lowest BCUT2D eigenvalue weighted by Gasteiger charge is -2.61. The number of carbonyl (C=O) groups is 2. The maximum atomic E-state index is 12.3. The van der Waals surface area contributed by atoms with Crippen molar-refractivity contribution in [3.8, 4) is 6.07 Å². The Morgan fingerprint density at radius 1 is 1.29 bits per heavy atom. The fraction of sp³-hybridized carbons (Fsp3) is 0.652. The molecule has 8 nitrogen and oxygen atoms in total. The Hall–Kier alpha value is -2.82. The minimum atomic E-state index is -0.887. The molecule has 0 radical (unpaired) electrons. The predicted octanol–water partition coefficient (Wildman–Crippen LogP) is 2.80. The van der Waals surface area contributed by atoms with Crippen LogP contribution in [0.25, 0.3) is 0 Å². The molecular weight excluding hydrogens is 394 g/mol. The van der Waals surface area contributed by atoms with Gasteiger partial charge in [0.2, 0.25) is 5.91 Å². The first kappa shape index (κ1) is 20.1. The number of anilines is 1. The van der Waals surface area contributed by atoms with Crippen molar-refractivity contribution in [2.24, 2.45) is 34.8 Å². The number of nitrogens with one attached hydrogen (secondary N) is 1. The Morgan fingerprint density at radius 3 is 2.55 bits per heavy atom. The fourth-order valence-electron chi connectivity index (χ4n) is 7.67. The molecule has 1 aliphatic heterocycles. The van der Waals surface area contributed by atoms with Crippen molar-refractivity contribution in [3.63, 3.8) is 0 Å². The zero-order chi connectivity index (χ0) is 22.0. The molecule has 8 heteroatoms. The van der Waals surface area contributed by atoms with Crippen molar-refractivity contribution in [1.82, 2.24) is 9.88 Å². The van der Waals surface area contributed by atoms with Gasteiger partial charge in [-0.25, -0.2) is 9.78 Å². The molecule has 0 spiro atoms. The van der Waals surface area contributed by atoms with Crippen LogP contribution in [0, 0.1) is 40.4 Å². The normalized spacial score (nSPS) is 40.5. The van der Waals surface area contributed by atoms with E-state index in [1.807, 2.05) is 0 Å². The van der Waals surface area contributed by atoms with E-state index in [9.17, 15) is 14.7 Å². The summed E-state index contributed by atoms with van der Waals surface area (Å²) in [6.45, 7) is 2.56. The summed E-state index contributed by atoms with van der Waals surface area (Å²) in [5, 5.41) is 22.6. The molecule has 6 unspecified atom stereocenters. The summed E-state index contributed by atoms with van der Waals surface area (Å²) in [5.74, 6) is 1.85. The minimum absolute atomic E-state index is 0.172. The van der Waals surface area contributed by atoms with Crippen LogP contribution in [-0.2, 0) is 4.79 Å². The van der Waals surface area contributed by atoms with Gasteiger partial charge in [0.1, 0.15) is 11.9 Å². The largest absolute Gasteiger partial charge is 0.465 e. The molecule has 5 aliphatic rings. The Kier molecular flexibility index (Phi) is 4.44. The number of likely N-dealkylation sites (tertiary alicyclic amines) is 1. The molecule has 6 rings (SSSR count). The van der Waals surface area contributed by atoms with Gasteiger partial charge in [0.05, 0.1) is 17.1 Å². The van der Waals surface area contributed by atoms with Gasteiger partial charge in [-0.2, -0.15) is 5.26 Å². The highest BCUT2D eigenvalue weighted by molar-refractivity contribution is 5.81. The van der Waals surface area contributed by atoms with E-state index in [0.717, 1.165) is 32.1 Å². The molecule has 5 fully saturated rings. The number of carboxylic acid groups (broad SMARTS) is 1. The lowest BCUT2D eigenvalue weighted by Crippen LogP contribution is -2.64. The van der Waals surface area contributed by atoms with Crippen molar-refractivity contribution in [3.05, 3.63) is 23.9 Å². The van der Waals surface area contributed by atoms with Gasteiger partial charge in [0.15, 0.2) is 0 Å². The van der Waals surface area contributed by atoms with Crippen molar-refractivity contribution in [1.29, 1.82) is 5.26 Å². The van der Waals surface area contributed by atoms with Gasteiger partial charge in [-0.3, -0.25) is 4.79 Å². The molecule has 1 aromatic rings. The first-order chi connectivity index (χ1) is 14.7. The number of hydrogen-bond donors (Lipinski definition) is 3. The highest BCUT2D eigenvalue weighted by Crippen LogP contribution is 2.64. The Bertz CT molecular complexity index is 941. The molecule has 7 atom stereocenters. The van der Waals surface area contributed by atoms with E-state index in [1.54, 1.807) is 17.0 Å². The van der Waals surface area contributed by atoms with Crippen LogP contribution >= 0.6 is 0 Å². The summed E-state index contributed by atoms with van der Waals surface area (Å²) in [5.41, 5.74) is 5.48. The summed E-state index contributed by atoms with van der Waals surface area (Å²) in [4.78, 5) is 30.5. The third kappa shape index (κ3) is 3.05. The summed E-state index contributed by atoms with van der Waals surface area (Å²) in [7, 11) is 0. The second-order valence-electron chi connectivity index (χ2n) is 10.4. The Morgan fingerprint density at radius 2 is 2.00 bits per heavy atom. The van der Waals surface area contributed by atoms with Gasteiger partial charge < -0.3 is 21.1 Å². The van der Waals surface area contributed by atoms with Gasteiger partial charge >= 0.3 is 6.09 Å². The van der Waals surface area contributed by atoms with Gasteiger partial charge in [-0.15, -0.1) is 0 Å².